The van der Waals surface area contributed by atoms with Crippen LogP contribution in [0.4, 0.5) is 8.78 Å². The van der Waals surface area contributed by atoms with Gasteiger partial charge in [-0.05, 0) is 48.6 Å². The van der Waals surface area contributed by atoms with E-state index in [1.807, 2.05) is 41.0 Å². The molecule has 0 saturated heterocycles. The number of hydrogen-bond donors (Lipinski definition) is 1. The van der Waals surface area contributed by atoms with Crippen molar-refractivity contribution < 1.29 is 18.7 Å². The molecule has 3 atom stereocenters. The topological polar surface area (TPSA) is 65.8 Å². The van der Waals surface area contributed by atoms with Crippen molar-refractivity contribution in [2.45, 2.75) is 47.8 Å². The first kappa shape index (κ1) is 24.6. The van der Waals surface area contributed by atoms with E-state index in [1.54, 1.807) is 11.0 Å². The number of amides is 1. The Balaban J connectivity index is 1.50. The Morgan fingerprint density at radius 3 is 2.78 bits per heavy atom. The van der Waals surface area contributed by atoms with Crippen molar-refractivity contribution in [3.8, 4) is 5.75 Å². The number of halogens is 2. The first-order valence-electron chi connectivity index (χ1n) is 12.4. The van der Waals surface area contributed by atoms with Crippen LogP contribution >= 0.6 is 23.5 Å². The van der Waals surface area contributed by atoms with Crippen LogP contribution in [-0.4, -0.2) is 62.4 Å². The molecule has 3 heterocycles. The van der Waals surface area contributed by atoms with Gasteiger partial charge in [0.2, 0.25) is 5.43 Å². The molecule has 6 nitrogen and oxygen atoms in total. The van der Waals surface area contributed by atoms with Gasteiger partial charge in [-0.15, -0.1) is 11.8 Å². The summed E-state index contributed by atoms with van der Waals surface area (Å²) in [6.45, 7) is 1.85. The largest absolute Gasteiger partial charge is 0.502 e. The molecular weight excluding hydrogens is 516 g/mol. The van der Waals surface area contributed by atoms with Gasteiger partial charge >= 0.3 is 0 Å². The molecule has 0 radical (unpaired) electrons. The maximum atomic E-state index is 15.6. The molecule has 194 valence electrons. The number of aromatic nitrogens is 1. The van der Waals surface area contributed by atoms with E-state index >= 15 is 8.78 Å². The van der Waals surface area contributed by atoms with E-state index < -0.39 is 35.0 Å². The van der Waals surface area contributed by atoms with Gasteiger partial charge in [-0.2, -0.15) is 11.8 Å². The number of carbonyl (C=O) groups excluding carboxylic acids is 1. The second kappa shape index (κ2) is 9.23. The Morgan fingerprint density at radius 2 is 2.00 bits per heavy atom. The van der Waals surface area contributed by atoms with E-state index in [4.69, 9.17) is 0 Å². The van der Waals surface area contributed by atoms with Crippen molar-refractivity contribution in [2.24, 2.45) is 0 Å². The molecule has 2 aliphatic heterocycles. The van der Waals surface area contributed by atoms with Gasteiger partial charge in [0, 0.05) is 40.5 Å². The zero-order valence-corrected chi connectivity index (χ0v) is 21.9. The Morgan fingerprint density at radius 1 is 1.22 bits per heavy atom. The van der Waals surface area contributed by atoms with Gasteiger partial charge in [-0.25, -0.2) is 8.78 Å². The molecule has 4 aliphatic rings. The maximum absolute atomic E-state index is 15.6. The molecule has 2 aliphatic carbocycles. The number of fused-ring (bicyclic) bond motifs is 2. The predicted molar refractivity (Wildman–Crippen MR) is 142 cm³/mol. The third-order valence-electron chi connectivity index (χ3n) is 7.33. The van der Waals surface area contributed by atoms with Crippen LogP contribution in [0, 0.1) is 0 Å². The predicted octanol–water partition coefficient (Wildman–Crippen LogP) is 4.58. The molecule has 1 aromatic heterocycles. The highest BCUT2D eigenvalue weighted by Crippen LogP contribution is 2.47. The maximum Gasteiger partial charge on any atom is 0.277 e. The summed E-state index contributed by atoms with van der Waals surface area (Å²) < 4.78 is 32.2. The van der Waals surface area contributed by atoms with Crippen LogP contribution in [0.15, 0.2) is 69.5 Å². The van der Waals surface area contributed by atoms with Gasteiger partial charge in [0.15, 0.2) is 23.3 Å². The first-order chi connectivity index (χ1) is 17.8. The molecular formula is C27H27F2N3O3S2. The minimum absolute atomic E-state index is 0.112. The fourth-order valence-corrected chi connectivity index (χ4v) is 7.44. The Bertz CT molecular complexity index is 1390. The highest BCUT2D eigenvalue weighted by Gasteiger charge is 2.45. The lowest BCUT2D eigenvalue weighted by atomic mass is 9.83. The average molecular weight is 544 g/mol. The summed E-state index contributed by atoms with van der Waals surface area (Å²) >= 11 is 3.28. The highest BCUT2D eigenvalue weighted by atomic mass is 32.2. The molecule has 0 spiro atoms. The fraction of sp³-hybridized carbons (Fsp3) is 0.407. The summed E-state index contributed by atoms with van der Waals surface area (Å²) in [6.07, 6.45) is 4.96. The van der Waals surface area contributed by atoms with E-state index in [-0.39, 0.29) is 12.4 Å². The van der Waals surface area contributed by atoms with Crippen LogP contribution in [0.3, 0.4) is 0 Å². The molecule has 1 fully saturated rings. The second-order valence-corrected chi connectivity index (χ2v) is 12.4. The van der Waals surface area contributed by atoms with Crippen molar-refractivity contribution in [1.82, 2.24) is 9.58 Å². The number of alkyl halides is 2. The zero-order valence-electron chi connectivity index (χ0n) is 20.3. The first-order valence-corrected chi connectivity index (χ1v) is 14.4. The average Bonchev–Trinajstić information content (AvgIpc) is 3.71. The van der Waals surface area contributed by atoms with Crippen LogP contribution in [0.1, 0.15) is 41.9 Å². The quantitative estimate of drug-likeness (QED) is 0.596. The SMILES string of the molecule is CC1(F)C=CC2=C(CSc3ccccc3[C@H]2N2CN(CCSC3CC3)C(=O)c3c(O)c(=O)ccn32)C1F. The number of hydrogen-bond acceptors (Lipinski definition) is 6. The molecule has 2 unspecified atom stereocenters. The number of nitrogens with zero attached hydrogens (tertiary/aromatic N) is 3. The van der Waals surface area contributed by atoms with Gasteiger partial charge < -0.3 is 10.0 Å². The van der Waals surface area contributed by atoms with Crippen LogP contribution in [0.2, 0.25) is 0 Å². The minimum atomic E-state index is -2.12. The molecule has 2 aromatic rings. The molecule has 1 N–H and O–H groups in total. The molecule has 1 aromatic carbocycles. The normalized spacial score (nSPS) is 27.1. The number of rotatable bonds is 5. The van der Waals surface area contributed by atoms with Gasteiger partial charge in [0.1, 0.15) is 6.67 Å². The zero-order chi connectivity index (χ0) is 25.9. The Kier molecular flexibility index (Phi) is 6.14. The molecule has 10 heteroatoms. The van der Waals surface area contributed by atoms with Crippen LogP contribution in [-0.2, 0) is 0 Å². The Labute approximate surface area is 222 Å². The van der Waals surface area contributed by atoms with E-state index in [0.717, 1.165) is 16.2 Å². The molecule has 1 saturated carbocycles. The number of carbonyl (C=O) groups is 1. The third-order valence-corrected chi connectivity index (χ3v) is 9.82. The van der Waals surface area contributed by atoms with Gasteiger partial charge in [-0.3, -0.25) is 19.3 Å². The van der Waals surface area contributed by atoms with Crippen molar-refractivity contribution in [1.29, 1.82) is 0 Å². The van der Waals surface area contributed by atoms with Crippen LogP contribution in [0.25, 0.3) is 0 Å². The number of allylic oxidation sites excluding steroid dienone is 1. The minimum Gasteiger partial charge on any atom is -0.502 e. The third kappa shape index (κ3) is 4.27. The van der Waals surface area contributed by atoms with E-state index in [9.17, 15) is 14.7 Å². The summed E-state index contributed by atoms with van der Waals surface area (Å²) in [4.78, 5) is 28.4. The number of pyridine rings is 1. The lowest BCUT2D eigenvalue weighted by molar-refractivity contribution is 0.0691. The van der Waals surface area contributed by atoms with Crippen molar-refractivity contribution in [3.63, 3.8) is 0 Å². The van der Waals surface area contributed by atoms with Gasteiger partial charge in [0.05, 0.1) is 6.04 Å². The van der Waals surface area contributed by atoms with E-state index in [0.29, 0.717) is 28.7 Å². The van der Waals surface area contributed by atoms with Gasteiger partial charge in [-0.1, -0.05) is 24.3 Å². The molecule has 1 amide bonds. The fourth-order valence-electron chi connectivity index (χ4n) is 5.17. The van der Waals surface area contributed by atoms with Crippen LogP contribution in [0.5, 0.6) is 5.75 Å². The summed E-state index contributed by atoms with van der Waals surface area (Å²) in [6, 6.07) is 8.38. The molecule has 6 rings (SSSR count). The smallest absolute Gasteiger partial charge is 0.277 e. The van der Waals surface area contributed by atoms with Crippen molar-refractivity contribution in [3.05, 3.63) is 81.3 Å². The highest BCUT2D eigenvalue weighted by molar-refractivity contribution is 8.00. The van der Waals surface area contributed by atoms with Crippen molar-refractivity contribution >= 4 is 29.4 Å². The Hall–Kier alpha value is -2.72. The standard InChI is InChI=1S/C27H27F2N3O3S2/c1-27(29)10-8-17-19(25(27)28)14-37-21-5-3-2-4-18(21)22(17)32-15-30(12-13-36-16-6-7-16)26(35)23-24(34)20(33)9-11-31(23)32/h2-5,8-11,16,22,25,34H,6-7,12-15H2,1H3/t22-,25?,27?/m0/s1. The summed E-state index contributed by atoms with van der Waals surface area (Å²) in [5.74, 6) is -0.00149. The van der Waals surface area contributed by atoms with E-state index in [2.05, 4.69) is 0 Å². The molecule has 37 heavy (non-hydrogen) atoms. The van der Waals surface area contributed by atoms with Crippen LogP contribution < -0.4 is 10.4 Å². The number of thioether (sulfide) groups is 2. The summed E-state index contributed by atoms with van der Waals surface area (Å²) in [5, 5.41) is 13.2. The number of aromatic hydroxyl groups is 1. The molecule has 0 bridgehead atoms. The lowest BCUT2D eigenvalue weighted by Crippen LogP contribution is -2.56. The number of benzene rings is 1. The monoisotopic (exact) mass is 543 g/mol. The van der Waals surface area contributed by atoms with Gasteiger partial charge in [0.25, 0.3) is 5.91 Å². The summed E-state index contributed by atoms with van der Waals surface area (Å²) in [5.41, 5.74) is -0.976. The van der Waals surface area contributed by atoms with Crippen molar-refractivity contribution in [2.75, 3.05) is 29.7 Å². The van der Waals surface area contributed by atoms with E-state index in [1.165, 1.54) is 54.5 Å². The summed E-state index contributed by atoms with van der Waals surface area (Å²) in [7, 11) is 0. The second-order valence-electron chi connectivity index (χ2n) is 10.00. The lowest BCUT2D eigenvalue weighted by Gasteiger charge is -2.45.